The molecule has 1 heterocycles. The van der Waals surface area contributed by atoms with Crippen molar-refractivity contribution in [1.29, 1.82) is 0 Å². The minimum absolute atomic E-state index is 0.253. The molecule has 2 aromatic rings. The van der Waals surface area contributed by atoms with Crippen LogP contribution in [-0.2, 0) is 0 Å². The zero-order chi connectivity index (χ0) is 11.8. The van der Waals surface area contributed by atoms with E-state index in [1.54, 1.807) is 12.1 Å². The lowest BCUT2D eigenvalue weighted by molar-refractivity contribution is 0.0697. The Balaban J connectivity index is 2.07. The summed E-state index contributed by atoms with van der Waals surface area (Å²) in [5.41, 5.74) is 0.899. The first-order valence-electron chi connectivity index (χ1n) is 5.88. The molecule has 0 saturated heterocycles. The van der Waals surface area contributed by atoms with Gasteiger partial charge in [0.15, 0.2) is 0 Å². The molecule has 1 aromatic heterocycles. The van der Waals surface area contributed by atoms with Crippen LogP contribution in [0.3, 0.4) is 0 Å². The quantitative estimate of drug-likeness (QED) is 0.862. The molecule has 88 valence electrons. The second-order valence-corrected chi connectivity index (χ2v) is 4.57. The normalized spacial score (nSPS) is 16.7. The monoisotopic (exact) mass is 231 g/mol. The first kappa shape index (κ1) is 10.3. The fourth-order valence-electron chi connectivity index (χ4n) is 2.58. The van der Waals surface area contributed by atoms with Crippen LogP contribution >= 0.6 is 0 Å². The molecule has 0 spiro atoms. The molecule has 17 heavy (non-hydrogen) atoms. The van der Waals surface area contributed by atoms with Gasteiger partial charge in [0.1, 0.15) is 11.3 Å². The average molecular weight is 231 g/mol. The van der Waals surface area contributed by atoms with Gasteiger partial charge in [0.25, 0.3) is 0 Å². The number of hydrogen-bond acceptors (Lipinski definition) is 3. The lowest BCUT2D eigenvalue weighted by Crippen LogP contribution is -1.95. The summed E-state index contributed by atoms with van der Waals surface area (Å²) in [5, 5.41) is 13.8. The van der Waals surface area contributed by atoms with Crippen LogP contribution in [0.1, 0.15) is 47.7 Å². The van der Waals surface area contributed by atoms with Crippen molar-refractivity contribution in [3.8, 4) is 0 Å². The van der Waals surface area contributed by atoms with Gasteiger partial charge in [-0.15, -0.1) is 0 Å². The highest BCUT2D eigenvalue weighted by molar-refractivity contribution is 5.93. The van der Waals surface area contributed by atoms with E-state index in [0.29, 0.717) is 11.4 Å². The Labute approximate surface area is 98.2 Å². The highest BCUT2D eigenvalue weighted by Gasteiger charge is 2.23. The average Bonchev–Trinajstić information content (AvgIpc) is 2.96. The van der Waals surface area contributed by atoms with Crippen LogP contribution in [0.25, 0.3) is 10.9 Å². The number of aromatic carboxylic acids is 1. The number of benzene rings is 1. The summed E-state index contributed by atoms with van der Waals surface area (Å²) in [5.74, 6) is 0.447. The summed E-state index contributed by atoms with van der Waals surface area (Å²) in [6.45, 7) is 0. The fourth-order valence-corrected chi connectivity index (χ4v) is 2.58. The van der Waals surface area contributed by atoms with Gasteiger partial charge in [-0.3, -0.25) is 0 Å². The molecular formula is C13H13NO3. The zero-order valence-electron chi connectivity index (χ0n) is 9.35. The van der Waals surface area contributed by atoms with E-state index < -0.39 is 5.97 Å². The molecule has 1 aromatic carbocycles. The van der Waals surface area contributed by atoms with E-state index in [1.165, 1.54) is 12.8 Å². The van der Waals surface area contributed by atoms with Crippen LogP contribution in [0.5, 0.6) is 0 Å². The second-order valence-electron chi connectivity index (χ2n) is 4.57. The number of rotatable bonds is 2. The molecule has 1 fully saturated rings. The molecule has 0 aliphatic heterocycles. The molecule has 1 saturated carbocycles. The van der Waals surface area contributed by atoms with E-state index in [-0.39, 0.29) is 5.56 Å². The Bertz CT molecular complexity index is 567. The van der Waals surface area contributed by atoms with Gasteiger partial charge in [-0.05, 0) is 31.0 Å². The lowest BCUT2D eigenvalue weighted by Gasteiger charge is -2.03. The summed E-state index contributed by atoms with van der Waals surface area (Å²) in [6, 6.07) is 4.99. The molecule has 1 aliphatic rings. The van der Waals surface area contributed by atoms with Crippen molar-refractivity contribution in [2.24, 2.45) is 0 Å². The summed E-state index contributed by atoms with van der Waals surface area (Å²) in [7, 11) is 0. The molecule has 4 nitrogen and oxygen atoms in total. The van der Waals surface area contributed by atoms with Gasteiger partial charge in [-0.2, -0.15) is 0 Å². The molecule has 4 heteroatoms. The van der Waals surface area contributed by atoms with Crippen LogP contribution in [-0.4, -0.2) is 16.2 Å². The van der Waals surface area contributed by atoms with Crippen molar-refractivity contribution in [2.75, 3.05) is 0 Å². The zero-order valence-corrected chi connectivity index (χ0v) is 9.35. The fraction of sp³-hybridized carbons (Fsp3) is 0.385. The number of fused-ring (bicyclic) bond motifs is 1. The number of hydrogen-bond donors (Lipinski definition) is 1. The van der Waals surface area contributed by atoms with Gasteiger partial charge in [0, 0.05) is 11.3 Å². The lowest BCUT2D eigenvalue weighted by atomic mass is 10.0. The number of nitrogens with zero attached hydrogens (tertiary/aromatic N) is 1. The van der Waals surface area contributed by atoms with Gasteiger partial charge >= 0.3 is 5.97 Å². The van der Waals surface area contributed by atoms with E-state index >= 15 is 0 Å². The number of carboxylic acids is 1. The summed E-state index contributed by atoms with van der Waals surface area (Å²) in [6.07, 6.45) is 4.76. The molecule has 0 atom stereocenters. The third kappa shape index (κ3) is 1.69. The highest BCUT2D eigenvalue weighted by atomic mass is 16.5. The van der Waals surface area contributed by atoms with Crippen molar-refractivity contribution < 1.29 is 14.4 Å². The summed E-state index contributed by atoms with van der Waals surface area (Å²) < 4.78 is 5.39. The van der Waals surface area contributed by atoms with E-state index in [2.05, 4.69) is 5.16 Å². The van der Waals surface area contributed by atoms with Crippen molar-refractivity contribution in [3.63, 3.8) is 0 Å². The summed E-state index contributed by atoms with van der Waals surface area (Å²) in [4.78, 5) is 10.8. The molecule has 3 rings (SSSR count). The topological polar surface area (TPSA) is 63.3 Å². The minimum Gasteiger partial charge on any atom is -0.478 e. The molecule has 1 N–H and O–H groups in total. The van der Waals surface area contributed by atoms with E-state index in [1.807, 2.05) is 6.07 Å². The first-order chi connectivity index (χ1) is 8.25. The molecule has 0 unspecified atom stereocenters. The van der Waals surface area contributed by atoms with Gasteiger partial charge < -0.3 is 9.63 Å². The Morgan fingerprint density at radius 1 is 1.35 bits per heavy atom. The molecule has 0 bridgehead atoms. The predicted molar refractivity (Wildman–Crippen MR) is 62.2 cm³/mol. The van der Waals surface area contributed by atoms with Gasteiger partial charge in [-0.25, -0.2) is 4.79 Å². The van der Waals surface area contributed by atoms with Crippen LogP contribution < -0.4 is 0 Å². The Kier molecular flexibility index (Phi) is 2.35. The Morgan fingerprint density at radius 3 is 2.82 bits per heavy atom. The highest BCUT2D eigenvalue weighted by Crippen LogP contribution is 2.37. The molecule has 1 aliphatic carbocycles. The second kappa shape index (κ2) is 3.87. The standard InChI is InChI=1S/C13H13NO3/c15-13(16)9-5-6-10-11(7-9)14-17-12(10)8-3-1-2-4-8/h5-8H,1-4H2,(H,15,16). The Morgan fingerprint density at radius 2 is 2.12 bits per heavy atom. The van der Waals surface area contributed by atoms with Crippen molar-refractivity contribution in [2.45, 2.75) is 31.6 Å². The number of aromatic nitrogens is 1. The van der Waals surface area contributed by atoms with E-state index in [9.17, 15) is 4.79 Å². The number of carboxylic acid groups (broad SMARTS) is 1. The van der Waals surface area contributed by atoms with Crippen LogP contribution in [0.2, 0.25) is 0 Å². The van der Waals surface area contributed by atoms with Crippen molar-refractivity contribution in [1.82, 2.24) is 5.16 Å². The maximum absolute atomic E-state index is 10.8. The van der Waals surface area contributed by atoms with Gasteiger partial charge in [0.05, 0.1) is 5.56 Å². The third-order valence-corrected chi connectivity index (χ3v) is 3.48. The smallest absolute Gasteiger partial charge is 0.335 e. The maximum Gasteiger partial charge on any atom is 0.335 e. The molecular weight excluding hydrogens is 218 g/mol. The van der Waals surface area contributed by atoms with Crippen LogP contribution in [0, 0.1) is 0 Å². The van der Waals surface area contributed by atoms with Crippen LogP contribution in [0.15, 0.2) is 22.7 Å². The largest absolute Gasteiger partial charge is 0.478 e. The maximum atomic E-state index is 10.8. The SMILES string of the molecule is O=C(O)c1ccc2c(C3CCCC3)onc2c1. The van der Waals surface area contributed by atoms with Crippen molar-refractivity contribution >= 4 is 16.9 Å². The molecule has 0 amide bonds. The predicted octanol–water partition coefficient (Wildman–Crippen LogP) is 3.18. The van der Waals surface area contributed by atoms with E-state index in [0.717, 1.165) is 24.0 Å². The van der Waals surface area contributed by atoms with Crippen LogP contribution in [0.4, 0.5) is 0 Å². The minimum atomic E-state index is -0.933. The summed E-state index contributed by atoms with van der Waals surface area (Å²) >= 11 is 0. The first-order valence-corrected chi connectivity index (χ1v) is 5.88. The third-order valence-electron chi connectivity index (χ3n) is 3.48. The van der Waals surface area contributed by atoms with Gasteiger partial charge in [-0.1, -0.05) is 18.0 Å². The van der Waals surface area contributed by atoms with Gasteiger partial charge in [0.2, 0.25) is 0 Å². The Hall–Kier alpha value is -1.84. The molecule has 0 radical (unpaired) electrons. The van der Waals surface area contributed by atoms with E-state index in [4.69, 9.17) is 9.63 Å². The number of carbonyl (C=O) groups is 1. The van der Waals surface area contributed by atoms with Crippen molar-refractivity contribution in [3.05, 3.63) is 29.5 Å².